The molecule has 1 N–H and O–H groups in total. The molecule has 0 saturated heterocycles. The number of carbonyl (C=O) groups excluding carboxylic acids is 1. The number of rotatable bonds is 6. The lowest BCUT2D eigenvalue weighted by Gasteiger charge is -2.12. The molecule has 0 fully saturated rings. The van der Waals surface area contributed by atoms with Gasteiger partial charge in [0.15, 0.2) is 0 Å². The summed E-state index contributed by atoms with van der Waals surface area (Å²) in [5.41, 5.74) is 5.19. The van der Waals surface area contributed by atoms with Crippen molar-refractivity contribution in [2.45, 2.75) is 27.3 Å². The maximum atomic E-state index is 12.7. The van der Waals surface area contributed by atoms with Crippen molar-refractivity contribution in [3.05, 3.63) is 77.9 Å². The minimum absolute atomic E-state index is 0.0346. The first kappa shape index (κ1) is 17.9. The normalized spacial score (nSPS) is 10.9. The van der Waals surface area contributed by atoms with Gasteiger partial charge in [-0.15, -0.1) is 0 Å². The quantitative estimate of drug-likeness (QED) is 0.723. The Labute approximate surface area is 154 Å². The van der Waals surface area contributed by atoms with Crippen LogP contribution in [0.5, 0.6) is 0 Å². The highest BCUT2D eigenvalue weighted by atomic mass is 16.1. The average Bonchev–Trinajstić information content (AvgIpc) is 3.06. The zero-order chi connectivity index (χ0) is 18.5. The summed E-state index contributed by atoms with van der Waals surface area (Å²) < 4.78 is 2.04. The molecule has 0 aliphatic carbocycles. The molecular weight excluding hydrogens is 322 g/mol. The molecule has 2 heterocycles. The molecule has 0 spiro atoms. The van der Waals surface area contributed by atoms with Gasteiger partial charge in [-0.05, 0) is 47.7 Å². The number of aromatic nitrogens is 2. The molecule has 1 aromatic carbocycles. The second-order valence-electron chi connectivity index (χ2n) is 7.01. The lowest BCUT2D eigenvalue weighted by molar-refractivity contribution is 0.0940. The molecule has 134 valence electrons. The maximum Gasteiger partial charge on any atom is 0.267 e. The maximum absolute atomic E-state index is 12.7. The van der Waals surface area contributed by atoms with Crippen LogP contribution in [0.4, 0.5) is 0 Å². The highest BCUT2D eigenvalue weighted by Gasteiger charge is 2.15. The minimum atomic E-state index is -0.0346. The molecule has 3 rings (SSSR count). The molecule has 4 nitrogen and oxygen atoms in total. The van der Waals surface area contributed by atoms with Crippen LogP contribution in [0.3, 0.4) is 0 Å². The molecule has 1 amide bonds. The van der Waals surface area contributed by atoms with Crippen LogP contribution >= 0.6 is 0 Å². The largest absolute Gasteiger partial charge is 0.351 e. The van der Waals surface area contributed by atoms with Crippen LogP contribution in [0, 0.1) is 12.8 Å². The molecule has 0 unspecified atom stereocenters. The Morgan fingerprint density at radius 1 is 1.12 bits per heavy atom. The fourth-order valence-electron chi connectivity index (χ4n) is 2.89. The van der Waals surface area contributed by atoms with Crippen LogP contribution < -0.4 is 5.32 Å². The SMILES string of the molecule is Cc1ccccc1Cn1cc(-c2ccncc2)cc1C(=O)NCC(C)C. The van der Waals surface area contributed by atoms with Crippen molar-refractivity contribution in [1.29, 1.82) is 0 Å². The highest BCUT2D eigenvalue weighted by Crippen LogP contribution is 2.23. The summed E-state index contributed by atoms with van der Waals surface area (Å²) >= 11 is 0. The van der Waals surface area contributed by atoms with Crippen LogP contribution in [-0.2, 0) is 6.54 Å². The molecule has 3 aromatic rings. The van der Waals surface area contributed by atoms with E-state index in [-0.39, 0.29) is 5.91 Å². The summed E-state index contributed by atoms with van der Waals surface area (Å²) in [7, 11) is 0. The van der Waals surface area contributed by atoms with E-state index in [0.717, 1.165) is 11.1 Å². The number of hydrogen-bond acceptors (Lipinski definition) is 2. The van der Waals surface area contributed by atoms with Crippen molar-refractivity contribution in [2.75, 3.05) is 6.54 Å². The molecule has 0 bridgehead atoms. The first-order valence-corrected chi connectivity index (χ1v) is 8.98. The van der Waals surface area contributed by atoms with E-state index in [1.807, 2.05) is 41.1 Å². The number of nitrogens with zero attached hydrogens (tertiary/aromatic N) is 2. The minimum Gasteiger partial charge on any atom is -0.351 e. The van der Waals surface area contributed by atoms with Crippen molar-refractivity contribution >= 4 is 5.91 Å². The molecule has 0 atom stereocenters. The third kappa shape index (κ3) is 4.20. The van der Waals surface area contributed by atoms with Crippen molar-refractivity contribution in [1.82, 2.24) is 14.9 Å². The van der Waals surface area contributed by atoms with Gasteiger partial charge in [0.05, 0.1) is 0 Å². The van der Waals surface area contributed by atoms with E-state index in [9.17, 15) is 4.79 Å². The van der Waals surface area contributed by atoms with Gasteiger partial charge in [-0.2, -0.15) is 0 Å². The summed E-state index contributed by atoms with van der Waals surface area (Å²) in [5.74, 6) is 0.381. The summed E-state index contributed by atoms with van der Waals surface area (Å²) in [6, 6.07) is 14.2. The van der Waals surface area contributed by atoms with Crippen molar-refractivity contribution in [3.8, 4) is 11.1 Å². The van der Waals surface area contributed by atoms with Gasteiger partial charge in [0.1, 0.15) is 5.69 Å². The van der Waals surface area contributed by atoms with Gasteiger partial charge in [0, 0.05) is 37.2 Å². The van der Waals surface area contributed by atoms with Crippen LogP contribution in [0.2, 0.25) is 0 Å². The molecule has 26 heavy (non-hydrogen) atoms. The van der Waals surface area contributed by atoms with Crippen LogP contribution in [-0.4, -0.2) is 22.0 Å². The fourth-order valence-corrected chi connectivity index (χ4v) is 2.89. The van der Waals surface area contributed by atoms with Gasteiger partial charge in [0.2, 0.25) is 0 Å². The second-order valence-corrected chi connectivity index (χ2v) is 7.01. The van der Waals surface area contributed by atoms with Crippen LogP contribution in [0.15, 0.2) is 61.1 Å². The van der Waals surface area contributed by atoms with Gasteiger partial charge >= 0.3 is 0 Å². The Balaban J connectivity index is 1.96. The van der Waals surface area contributed by atoms with Crippen molar-refractivity contribution in [2.24, 2.45) is 5.92 Å². The average molecular weight is 347 g/mol. The van der Waals surface area contributed by atoms with E-state index in [1.54, 1.807) is 12.4 Å². The monoisotopic (exact) mass is 347 g/mol. The molecule has 2 aromatic heterocycles. The number of hydrogen-bond donors (Lipinski definition) is 1. The van der Waals surface area contributed by atoms with Crippen molar-refractivity contribution in [3.63, 3.8) is 0 Å². The summed E-state index contributed by atoms with van der Waals surface area (Å²) in [5, 5.41) is 3.03. The third-order valence-corrected chi connectivity index (χ3v) is 4.42. The Kier molecular flexibility index (Phi) is 5.52. The van der Waals surface area contributed by atoms with Gasteiger partial charge in [0.25, 0.3) is 5.91 Å². The lowest BCUT2D eigenvalue weighted by atomic mass is 10.1. The molecular formula is C22H25N3O. The first-order chi connectivity index (χ1) is 12.5. The van der Waals surface area contributed by atoms with E-state index < -0.39 is 0 Å². The van der Waals surface area contributed by atoms with Gasteiger partial charge in [-0.3, -0.25) is 9.78 Å². The van der Waals surface area contributed by atoms with Gasteiger partial charge in [-0.25, -0.2) is 0 Å². The van der Waals surface area contributed by atoms with E-state index in [2.05, 4.69) is 43.2 Å². The van der Waals surface area contributed by atoms with E-state index in [0.29, 0.717) is 24.7 Å². The van der Waals surface area contributed by atoms with Crippen LogP contribution in [0.1, 0.15) is 35.5 Å². The Morgan fingerprint density at radius 2 is 1.85 bits per heavy atom. The smallest absolute Gasteiger partial charge is 0.267 e. The molecule has 0 aliphatic rings. The predicted octanol–water partition coefficient (Wildman–Crippen LogP) is 4.29. The first-order valence-electron chi connectivity index (χ1n) is 8.98. The fraction of sp³-hybridized carbons (Fsp3) is 0.273. The number of pyridine rings is 1. The Hall–Kier alpha value is -2.88. The van der Waals surface area contributed by atoms with Crippen molar-refractivity contribution < 1.29 is 4.79 Å². The van der Waals surface area contributed by atoms with Gasteiger partial charge in [-0.1, -0.05) is 38.1 Å². The lowest BCUT2D eigenvalue weighted by Crippen LogP contribution is -2.29. The Bertz CT molecular complexity index is 881. The molecule has 0 radical (unpaired) electrons. The Morgan fingerprint density at radius 3 is 2.54 bits per heavy atom. The molecule has 0 saturated carbocycles. The third-order valence-electron chi connectivity index (χ3n) is 4.42. The molecule has 4 heteroatoms. The summed E-state index contributed by atoms with van der Waals surface area (Å²) in [6.45, 7) is 7.62. The van der Waals surface area contributed by atoms with E-state index >= 15 is 0 Å². The van der Waals surface area contributed by atoms with E-state index in [4.69, 9.17) is 0 Å². The van der Waals surface area contributed by atoms with Crippen LogP contribution in [0.25, 0.3) is 11.1 Å². The number of carbonyl (C=O) groups is 1. The summed E-state index contributed by atoms with van der Waals surface area (Å²) in [6.07, 6.45) is 5.59. The standard InChI is InChI=1S/C22H25N3O/c1-16(2)13-24-22(26)21-12-20(18-8-10-23-11-9-18)15-25(21)14-19-7-5-4-6-17(19)3/h4-12,15-16H,13-14H2,1-3H3,(H,24,26). The molecule has 0 aliphatic heterocycles. The van der Waals surface area contributed by atoms with Gasteiger partial charge < -0.3 is 9.88 Å². The summed E-state index contributed by atoms with van der Waals surface area (Å²) in [4.78, 5) is 16.8. The number of aryl methyl sites for hydroxylation is 1. The van der Waals surface area contributed by atoms with E-state index in [1.165, 1.54) is 11.1 Å². The highest BCUT2D eigenvalue weighted by molar-refractivity contribution is 5.94. The number of nitrogens with one attached hydrogen (secondary N) is 1. The predicted molar refractivity (Wildman–Crippen MR) is 105 cm³/mol. The zero-order valence-electron chi connectivity index (χ0n) is 15.6. The number of benzene rings is 1. The zero-order valence-corrected chi connectivity index (χ0v) is 15.6. The number of amides is 1. The topological polar surface area (TPSA) is 46.9 Å². The second kappa shape index (κ2) is 8.00.